The number of piperidine rings is 1. The number of benzene rings is 1. The maximum atomic E-state index is 13.6. The third kappa shape index (κ3) is 9.78. The lowest BCUT2D eigenvalue weighted by Gasteiger charge is -2.25. The number of nitrogens with one attached hydrogen (secondary N) is 2. The number of aldehydes is 1. The van der Waals surface area contributed by atoms with Gasteiger partial charge in [-0.1, -0.05) is 20.8 Å². The number of nitrogens with two attached hydrogens (primary N) is 1. The number of nitrogens with zero attached hydrogens (tertiary/aromatic N) is 6. The number of anilines is 2. The Kier molecular flexibility index (Phi) is 13.3. The van der Waals surface area contributed by atoms with Crippen LogP contribution in [0.1, 0.15) is 55.2 Å². The van der Waals surface area contributed by atoms with Crippen molar-refractivity contribution in [2.75, 3.05) is 32.0 Å². The zero-order chi connectivity index (χ0) is 34.7. The number of likely N-dealkylation sites (tertiary alicyclic amines) is 1. The first-order chi connectivity index (χ1) is 22.4. The molecule has 0 aliphatic carbocycles. The Bertz CT molecular complexity index is 1600. The minimum absolute atomic E-state index is 0.00950. The molecule has 1 fully saturated rings. The summed E-state index contributed by atoms with van der Waals surface area (Å²) < 4.78 is 68.3. The first-order valence-electron chi connectivity index (χ1n) is 15.2. The molecule has 0 saturated carbocycles. The van der Waals surface area contributed by atoms with Crippen LogP contribution in [-0.4, -0.2) is 80.4 Å². The van der Waals surface area contributed by atoms with Gasteiger partial charge >= 0.3 is 6.18 Å². The lowest BCUT2D eigenvalue weighted by Crippen LogP contribution is -2.37. The second-order valence-electron chi connectivity index (χ2n) is 10.5. The summed E-state index contributed by atoms with van der Waals surface area (Å²) in [6.45, 7) is 7.11. The molecule has 4 heterocycles. The molecular weight excluding hydrogens is 625 g/mol. The van der Waals surface area contributed by atoms with Crippen molar-refractivity contribution in [1.82, 2.24) is 34.4 Å². The largest absolute Gasteiger partial charge is 0.435 e. The van der Waals surface area contributed by atoms with Crippen molar-refractivity contribution in [3.8, 4) is 11.3 Å². The third-order valence-corrected chi connectivity index (χ3v) is 7.16. The van der Waals surface area contributed by atoms with Gasteiger partial charge in [-0.25, -0.2) is 18.7 Å². The van der Waals surface area contributed by atoms with Crippen LogP contribution in [0.3, 0.4) is 0 Å². The highest BCUT2D eigenvalue weighted by atomic mass is 19.4. The van der Waals surface area contributed by atoms with E-state index in [4.69, 9.17) is 5.73 Å². The Morgan fingerprint density at radius 3 is 2.47 bits per heavy atom. The number of carbonyl (C=O) groups is 2. The van der Waals surface area contributed by atoms with Gasteiger partial charge in [0.25, 0.3) is 12.3 Å². The topological polar surface area (TPSA) is 135 Å². The highest BCUT2D eigenvalue weighted by molar-refractivity contribution is 5.97. The zero-order valence-corrected chi connectivity index (χ0v) is 26.7. The summed E-state index contributed by atoms with van der Waals surface area (Å²) in [5.74, 6) is -0.191. The van der Waals surface area contributed by atoms with E-state index in [0.717, 1.165) is 6.20 Å². The van der Waals surface area contributed by atoms with E-state index in [-0.39, 0.29) is 23.7 Å². The normalized spacial score (nSPS) is 13.9. The molecule has 0 spiro atoms. The Hall–Kier alpha value is -4.44. The molecule has 0 radical (unpaired) electrons. The van der Waals surface area contributed by atoms with Gasteiger partial charge in [-0.15, -0.1) is 0 Å². The van der Waals surface area contributed by atoms with Gasteiger partial charge in [-0.05, 0) is 63.2 Å². The van der Waals surface area contributed by atoms with Crippen LogP contribution < -0.4 is 16.4 Å². The molecule has 1 aliphatic rings. The molecule has 5 rings (SSSR count). The molecule has 1 saturated heterocycles. The molecule has 0 bridgehead atoms. The highest BCUT2D eigenvalue weighted by Crippen LogP contribution is 2.37. The molecular formula is C31H40F5N9O2. The van der Waals surface area contributed by atoms with Crippen molar-refractivity contribution in [1.29, 1.82) is 0 Å². The maximum absolute atomic E-state index is 13.6. The number of rotatable bonds is 9. The Morgan fingerprint density at radius 1 is 1.17 bits per heavy atom. The number of halogens is 5. The molecule has 1 aliphatic heterocycles. The number of amides is 1. The molecule has 3 aromatic heterocycles. The number of hydrogen-bond donors (Lipinski definition) is 3. The van der Waals surface area contributed by atoms with E-state index in [1.165, 1.54) is 48.9 Å². The number of aromatic nitrogens is 5. The summed E-state index contributed by atoms with van der Waals surface area (Å²) in [6, 6.07) is 5.37. The van der Waals surface area contributed by atoms with E-state index >= 15 is 0 Å². The Labute approximate surface area is 269 Å². The van der Waals surface area contributed by atoms with E-state index in [1.807, 2.05) is 20.8 Å². The number of aryl methyl sites for hydroxylation is 1. The number of imidazole rings is 1. The van der Waals surface area contributed by atoms with E-state index < -0.39 is 36.3 Å². The smallest absolute Gasteiger partial charge is 0.345 e. The van der Waals surface area contributed by atoms with Crippen LogP contribution in [-0.2, 0) is 23.9 Å². The number of hydrogen-bond acceptors (Lipinski definition) is 8. The summed E-state index contributed by atoms with van der Waals surface area (Å²) in [5, 5.41) is 8.85. The molecule has 256 valence electrons. The molecule has 4 aromatic rings. The van der Waals surface area contributed by atoms with Crippen molar-refractivity contribution in [2.24, 2.45) is 5.73 Å². The summed E-state index contributed by atoms with van der Waals surface area (Å²) >= 11 is 0. The van der Waals surface area contributed by atoms with Gasteiger partial charge in [0.2, 0.25) is 0 Å². The van der Waals surface area contributed by atoms with Crippen LogP contribution in [0.5, 0.6) is 0 Å². The average molecular weight is 666 g/mol. The summed E-state index contributed by atoms with van der Waals surface area (Å²) in [4.78, 5) is 33.6. The van der Waals surface area contributed by atoms with Gasteiger partial charge in [0, 0.05) is 35.9 Å². The van der Waals surface area contributed by atoms with Gasteiger partial charge < -0.3 is 26.1 Å². The van der Waals surface area contributed by atoms with E-state index in [0.29, 0.717) is 40.2 Å². The quantitative estimate of drug-likeness (QED) is 0.165. The first-order valence-corrected chi connectivity index (χ1v) is 15.2. The predicted octanol–water partition coefficient (Wildman–Crippen LogP) is 5.18. The fourth-order valence-corrected chi connectivity index (χ4v) is 4.84. The van der Waals surface area contributed by atoms with Crippen LogP contribution in [0.4, 0.5) is 33.5 Å². The van der Waals surface area contributed by atoms with Gasteiger partial charge in [0.05, 0.1) is 24.0 Å². The van der Waals surface area contributed by atoms with Crippen LogP contribution in [0.2, 0.25) is 0 Å². The van der Waals surface area contributed by atoms with Crippen molar-refractivity contribution >= 4 is 29.3 Å². The lowest BCUT2D eigenvalue weighted by atomic mass is 10.0. The number of carbonyl (C=O) groups excluding carboxylic acids is 2. The van der Waals surface area contributed by atoms with Crippen molar-refractivity contribution in [3.63, 3.8) is 0 Å². The molecule has 1 amide bonds. The monoisotopic (exact) mass is 665 g/mol. The molecule has 11 nitrogen and oxygen atoms in total. The van der Waals surface area contributed by atoms with Crippen molar-refractivity contribution in [3.05, 3.63) is 59.8 Å². The highest BCUT2D eigenvalue weighted by Gasteiger charge is 2.38. The SMILES string of the molecule is CC.CCc1cc(Nc2nccn3c(-c4cn(CC(F)F)nc4C(F)(F)F)cnc23)ccc1C(=O)NCC=O.CN1CCC(N)CC1. The molecule has 4 N–H and O–H groups in total. The van der Waals surface area contributed by atoms with Crippen LogP contribution in [0.15, 0.2) is 43.0 Å². The minimum atomic E-state index is -4.88. The molecule has 0 atom stereocenters. The van der Waals surface area contributed by atoms with Crippen molar-refractivity contribution in [2.45, 2.75) is 65.2 Å². The molecule has 47 heavy (non-hydrogen) atoms. The van der Waals surface area contributed by atoms with Crippen LogP contribution in [0, 0.1) is 0 Å². The Balaban J connectivity index is 0.000000518. The fraction of sp³-hybridized carbons (Fsp3) is 0.452. The summed E-state index contributed by atoms with van der Waals surface area (Å²) in [7, 11) is 2.14. The second-order valence-corrected chi connectivity index (χ2v) is 10.5. The van der Waals surface area contributed by atoms with E-state index in [2.05, 4.69) is 37.6 Å². The predicted molar refractivity (Wildman–Crippen MR) is 169 cm³/mol. The Morgan fingerprint density at radius 2 is 1.87 bits per heavy atom. The lowest BCUT2D eigenvalue weighted by molar-refractivity contribution is -0.141. The van der Waals surface area contributed by atoms with Crippen LogP contribution in [0.25, 0.3) is 16.9 Å². The maximum Gasteiger partial charge on any atom is 0.435 e. The fourth-order valence-electron chi connectivity index (χ4n) is 4.84. The van der Waals surface area contributed by atoms with Gasteiger partial charge in [-0.3, -0.25) is 13.9 Å². The average Bonchev–Trinajstić information content (AvgIpc) is 3.67. The molecule has 16 heteroatoms. The second kappa shape index (κ2) is 16.9. The minimum Gasteiger partial charge on any atom is -0.345 e. The number of fused-ring (bicyclic) bond motifs is 1. The van der Waals surface area contributed by atoms with Crippen LogP contribution >= 0.6 is 0 Å². The number of alkyl halides is 5. The third-order valence-electron chi connectivity index (χ3n) is 7.16. The van der Waals surface area contributed by atoms with Gasteiger partial charge in [-0.2, -0.15) is 18.3 Å². The standard InChI is InChI=1S/C23H20F5N7O2.C6H14N2.C2H6/c1-2-13-9-14(3-4-15(13)22(37)30-6-8-36)32-20-21-31-10-17(35(21)7-5-29-20)16-11-34(12-18(24)25)33-19(16)23(26,27)28;1-8-4-2-6(7)3-5-8;1-2/h3-5,7-11,18H,2,6,12H2,1H3,(H,29,32)(H,30,37);6H,2-5,7H2,1H3;1-2H3. The van der Waals surface area contributed by atoms with Crippen molar-refractivity contribution < 1.29 is 31.5 Å². The van der Waals surface area contributed by atoms with E-state index in [9.17, 15) is 31.5 Å². The van der Waals surface area contributed by atoms with E-state index in [1.54, 1.807) is 18.2 Å². The molecule has 1 aromatic carbocycles. The van der Waals surface area contributed by atoms with Gasteiger partial charge in [0.1, 0.15) is 12.8 Å². The first kappa shape index (κ1) is 37.0. The van der Waals surface area contributed by atoms with Gasteiger partial charge in [0.15, 0.2) is 17.2 Å². The summed E-state index contributed by atoms with van der Waals surface area (Å²) in [6.07, 6.45) is 0.507. The zero-order valence-electron chi connectivity index (χ0n) is 26.7. The molecule has 0 unspecified atom stereocenters. The summed E-state index contributed by atoms with van der Waals surface area (Å²) in [5.41, 5.74) is 5.74.